The average Bonchev–Trinajstić information content (AvgIpc) is 3.00. The van der Waals surface area contributed by atoms with E-state index in [1.807, 2.05) is 0 Å². The second-order valence-electron chi connectivity index (χ2n) is 4.80. The fraction of sp³-hybridized carbons (Fsp3) is 0.143. The fourth-order valence-electron chi connectivity index (χ4n) is 2.33. The van der Waals surface area contributed by atoms with E-state index in [0.717, 1.165) is 12.1 Å². The zero-order valence-electron chi connectivity index (χ0n) is 11.3. The normalized spacial score (nSPS) is 12.0. The van der Waals surface area contributed by atoms with E-state index in [0.29, 0.717) is 22.2 Å². The van der Waals surface area contributed by atoms with Crippen molar-refractivity contribution < 1.29 is 23.1 Å². The van der Waals surface area contributed by atoms with Gasteiger partial charge in [0, 0.05) is 29.7 Å². The monoisotopic (exact) mass is 309 g/mol. The van der Waals surface area contributed by atoms with Crippen LogP contribution in [-0.2, 0) is 13.2 Å². The Labute approximate surface area is 122 Å². The first-order valence-corrected chi connectivity index (χ1v) is 6.23. The van der Waals surface area contributed by atoms with Crippen LogP contribution in [0.5, 0.6) is 0 Å². The minimum Gasteiger partial charge on any atom is -0.476 e. The Morgan fingerprint density at radius 1 is 1.32 bits per heavy atom. The molecule has 0 unspecified atom stereocenters. The Morgan fingerprint density at radius 3 is 2.64 bits per heavy atom. The van der Waals surface area contributed by atoms with Crippen molar-refractivity contribution in [2.45, 2.75) is 6.18 Å². The largest absolute Gasteiger partial charge is 0.476 e. The Morgan fingerprint density at radius 2 is 2.05 bits per heavy atom. The lowest BCUT2D eigenvalue weighted by Gasteiger charge is -2.07. The van der Waals surface area contributed by atoms with Crippen LogP contribution in [0.25, 0.3) is 22.2 Å². The van der Waals surface area contributed by atoms with Crippen molar-refractivity contribution in [3.63, 3.8) is 0 Å². The third-order valence-electron chi connectivity index (χ3n) is 3.38. The number of rotatable bonds is 2. The Bertz CT molecular complexity index is 877. The van der Waals surface area contributed by atoms with Crippen LogP contribution in [0.3, 0.4) is 0 Å². The van der Waals surface area contributed by atoms with Crippen LogP contribution in [0.1, 0.15) is 16.1 Å². The summed E-state index contributed by atoms with van der Waals surface area (Å²) in [6, 6.07) is 4.70. The molecular formula is C14H10F3N3O2. The highest BCUT2D eigenvalue weighted by Gasteiger charge is 2.31. The number of aromatic nitrogens is 3. The van der Waals surface area contributed by atoms with Crippen LogP contribution in [0.2, 0.25) is 0 Å². The molecule has 0 spiro atoms. The van der Waals surface area contributed by atoms with Crippen LogP contribution in [0, 0.1) is 0 Å². The number of halogens is 3. The van der Waals surface area contributed by atoms with Crippen molar-refractivity contribution in [3.8, 4) is 11.3 Å². The number of aromatic carboxylic acids is 1. The van der Waals surface area contributed by atoms with Gasteiger partial charge in [-0.3, -0.25) is 4.68 Å². The van der Waals surface area contributed by atoms with Gasteiger partial charge in [0.1, 0.15) is 0 Å². The Hall–Kier alpha value is -2.77. The number of benzene rings is 1. The lowest BCUT2D eigenvalue weighted by Crippen LogP contribution is -2.04. The molecule has 8 heteroatoms. The smallest absolute Gasteiger partial charge is 0.416 e. The molecule has 0 fully saturated rings. The van der Waals surface area contributed by atoms with Crippen LogP contribution in [-0.4, -0.2) is 25.8 Å². The number of carboxylic acids is 1. The molecule has 3 aromatic rings. The summed E-state index contributed by atoms with van der Waals surface area (Å²) < 4.78 is 39.8. The SMILES string of the molecule is Cn1nc(C(=O)O)cc1-c1c[nH]c2ccc(C(F)(F)F)cc12. The quantitative estimate of drug-likeness (QED) is 0.763. The number of nitrogens with one attached hydrogen (secondary N) is 1. The van der Waals surface area contributed by atoms with Gasteiger partial charge in [-0.15, -0.1) is 0 Å². The van der Waals surface area contributed by atoms with Crippen LogP contribution in [0.15, 0.2) is 30.5 Å². The second-order valence-corrected chi connectivity index (χ2v) is 4.80. The molecule has 3 rings (SSSR count). The second kappa shape index (κ2) is 4.62. The molecular weight excluding hydrogens is 299 g/mol. The lowest BCUT2D eigenvalue weighted by molar-refractivity contribution is -0.137. The molecule has 0 radical (unpaired) electrons. The third kappa shape index (κ3) is 2.22. The van der Waals surface area contributed by atoms with E-state index < -0.39 is 17.7 Å². The van der Waals surface area contributed by atoms with Gasteiger partial charge in [0.05, 0.1) is 11.3 Å². The van der Waals surface area contributed by atoms with Crippen LogP contribution < -0.4 is 0 Å². The van der Waals surface area contributed by atoms with E-state index in [2.05, 4.69) is 10.1 Å². The highest BCUT2D eigenvalue weighted by atomic mass is 19.4. The Balaban J connectivity index is 2.21. The van der Waals surface area contributed by atoms with E-state index >= 15 is 0 Å². The highest BCUT2D eigenvalue weighted by Crippen LogP contribution is 2.35. The predicted octanol–water partition coefficient (Wildman–Crippen LogP) is 3.29. The summed E-state index contributed by atoms with van der Waals surface area (Å²) in [7, 11) is 1.54. The number of hydrogen-bond acceptors (Lipinski definition) is 2. The molecule has 0 aliphatic heterocycles. The van der Waals surface area contributed by atoms with Crippen molar-refractivity contribution in [2.24, 2.45) is 7.05 Å². The van der Waals surface area contributed by atoms with E-state index in [4.69, 9.17) is 5.11 Å². The molecule has 0 amide bonds. The maximum atomic E-state index is 12.8. The molecule has 114 valence electrons. The standard InChI is InChI=1S/C14H10F3N3O2/c1-20-12(5-11(19-20)13(21)22)9-6-18-10-3-2-7(4-8(9)10)14(15,16)17/h2-6,18H,1H3,(H,21,22). The van der Waals surface area contributed by atoms with Gasteiger partial charge >= 0.3 is 12.1 Å². The summed E-state index contributed by atoms with van der Waals surface area (Å²) in [6.07, 6.45) is -2.91. The summed E-state index contributed by atoms with van der Waals surface area (Å²) in [5, 5.41) is 13.1. The molecule has 2 N–H and O–H groups in total. The number of carboxylic acid groups (broad SMARTS) is 1. The fourth-order valence-corrected chi connectivity index (χ4v) is 2.33. The minimum atomic E-state index is -4.44. The van der Waals surface area contributed by atoms with Crippen molar-refractivity contribution in [3.05, 3.63) is 41.7 Å². The van der Waals surface area contributed by atoms with Crippen molar-refractivity contribution in [2.75, 3.05) is 0 Å². The maximum absolute atomic E-state index is 12.8. The molecule has 0 saturated carbocycles. The van der Waals surface area contributed by atoms with Crippen LogP contribution in [0.4, 0.5) is 13.2 Å². The van der Waals surface area contributed by atoms with E-state index in [1.165, 1.54) is 30.1 Å². The van der Waals surface area contributed by atoms with Gasteiger partial charge in [0.25, 0.3) is 0 Å². The van der Waals surface area contributed by atoms with E-state index in [9.17, 15) is 18.0 Å². The number of hydrogen-bond donors (Lipinski definition) is 2. The molecule has 0 aliphatic rings. The summed E-state index contributed by atoms with van der Waals surface area (Å²) in [5.74, 6) is -1.20. The molecule has 22 heavy (non-hydrogen) atoms. The van der Waals surface area contributed by atoms with Gasteiger partial charge in [0.15, 0.2) is 5.69 Å². The Kier molecular flexibility index (Phi) is 2.98. The number of H-pyrrole nitrogens is 1. The number of aromatic amines is 1. The van der Waals surface area contributed by atoms with Gasteiger partial charge < -0.3 is 10.1 Å². The summed E-state index contributed by atoms with van der Waals surface area (Å²) in [4.78, 5) is 13.8. The van der Waals surface area contributed by atoms with Gasteiger partial charge in [-0.2, -0.15) is 18.3 Å². The first kappa shape index (κ1) is 14.2. The first-order chi connectivity index (χ1) is 10.3. The van der Waals surface area contributed by atoms with Gasteiger partial charge in [-0.05, 0) is 24.3 Å². The minimum absolute atomic E-state index is 0.168. The highest BCUT2D eigenvalue weighted by molar-refractivity contribution is 5.96. The summed E-state index contributed by atoms with van der Waals surface area (Å²) in [6.45, 7) is 0. The van der Waals surface area contributed by atoms with Crippen molar-refractivity contribution in [1.29, 1.82) is 0 Å². The van der Waals surface area contributed by atoms with Gasteiger partial charge in [-0.1, -0.05) is 0 Å². The molecule has 5 nitrogen and oxygen atoms in total. The molecule has 0 saturated heterocycles. The lowest BCUT2D eigenvalue weighted by atomic mass is 10.1. The molecule has 2 heterocycles. The number of fused-ring (bicyclic) bond motifs is 1. The molecule has 0 atom stereocenters. The zero-order chi connectivity index (χ0) is 16.1. The summed E-state index contributed by atoms with van der Waals surface area (Å²) in [5.41, 5.74) is 0.480. The van der Waals surface area contributed by atoms with Gasteiger partial charge in [-0.25, -0.2) is 4.79 Å². The molecule has 1 aromatic carbocycles. The average molecular weight is 309 g/mol. The van der Waals surface area contributed by atoms with Crippen molar-refractivity contribution in [1.82, 2.24) is 14.8 Å². The topological polar surface area (TPSA) is 70.9 Å². The molecule has 2 aromatic heterocycles. The summed E-state index contributed by atoms with van der Waals surface area (Å²) >= 11 is 0. The zero-order valence-corrected chi connectivity index (χ0v) is 11.3. The number of alkyl halides is 3. The number of aryl methyl sites for hydroxylation is 1. The predicted molar refractivity (Wildman–Crippen MR) is 72.5 cm³/mol. The van der Waals surface area contributed by atoms with E-state index in [-0.39, 0.29) is 5.69 Å². The first-order valence-electron chi connectivity index (χ1n) is 6.23. The number of carbonyl (C=O) groups is 1. The van der Waals surface area contributed by atoms with E-state index in [1.54, 1.807) is 0 Å². The van der Waals surface area contributed by atoms with Crippen molar-refractivity contribution >= 4 is 16.9 Å². The maximum Gasteiger partial charge on any atom is 0.416 e. The molecule has 0 aliphatic carbocycles. The van der Waals surface area contributed by atoms with Gasteiger partial charge in [0.2, 0.25) is 0 Å². The number of nitrogens with zero attached hydrogens (tertiary/aromatic N) is 2. The molecule has 0 bridgehead atoms. The third-order valence-corrected chi connectivity index (χ3v) is 3.38. The van der Waals surface area contributed by atoms with Crippen LogP contribution >= 0.6 is 0 Å².